The largest absolute Gasteiger partial charge is 0.465 e. The number of hydrogen-bond donors (Lipinski definition) is 1. The van der Waals surface area contributed by atoms with Crippen LogP contribution in [-0.4, -0.2) is 28.4 Å². The molecule has 4 nitrogen and oxygen atoms in total. The van der Waals surface area contributed by atoms with Gasteiger partial charge in [0, 0.05) is 25.1 Å². The van der Waals surface area contributed by atoms with Crippen molar-refractivity contribution in [2.75, 3.05) is 6.54 Å². The first-order valence-corrected chi connectivity index (χ1v) is 5.44. The number of allylic oxidation sites excluding steroid dienone is 1. The second kappa shape index (κ2) is 4.82. The highest BCUT2D eigenvalue weighted by atomic mass is 16.4. The number of piperidine rings is 1. The minimum atomic E-state index is -1.00. The third-order valence-electron chi connectivity index (χ3n) is 2.70. The molecule has 1 aliphatic rings. The van der Waals surface area contributed by atoms with Crippen LogP contribution in [0.1, 0.15) is 18.4 Å². The Morgan fingerprint density at radius 1 is 1.29 bits per heavy atom. The lowest BCUT2D eigenvalue weighted by atomic mass is 10.0. The van der Waals surface area contributed by atoms with Crippen molar-refractivity contribution in [2.45, 2.75) is 12.8 Å². The minimum Gasteiger partial charge on any atom is -0.465 e. The van der Waals surface area contributed by atoms with Gasteiger partial charge >= 0.3 is 6.09 Å². The Bertz CT molecular complexity index is 465. The van der Waals surface area contributed by atoms with E-state index in [1.807, 2.05) is 30.3 Å². The maximum atomic E-state index is 11.4. The molecule has 88 valence electrons. The number of carbonyl (C=O) groups is 2. The van der Waals surface area contributed by atoms with Crippen LogP contribution in [0.4, 0.5) is 4.79 Å². The molecule has 0 radical (unpaired) electrons. The maximum Gasteiger partial charge on any atom is 0.411 e. The van der Waals surface area contributed by atoms with Crippen LogP contribution in [0.3, 0.4) is 0 Å². The van der Waals surface area contributed by atoms with Crippen molar-refractivity contribution in [2.24, 2.45) is 0 Å². The molecule has 1 amide bonds. The minimum absolute atomic E-state index is 0.0877. The normalized spacial score (nSPS) is 18.5. The van der Waals surface area contributed by atoms with Crippen LogP contribution in [0.2, 0.25) is 0 Å². The molecule has 1 N–H and O–H groups in total. The van der Waals surface area contributed by atoms with Gasteiger partial charge in [-0.05, 0) is 11.6 Å². The first-order valence-electron chi connectivity index (χ1n) is 5.44. The zero-order chi connectivity index (χ0) is 12.3. The maximum absolute atomic E-state index is 11.4. The van der Waals surface area contributed by atoms with Crippen molar-refractivity contribution < 1.29 is 14.7 Å². The molecular formula is C13H13NO3. The summed E-state index contributed by atoms with van der Waals surface area (Å²) in [6, 6.07) is 9.41. The fraction of sp³-hybridized carbons (Fsp3) is 0.231. The first-order chi connectivity index (χ1) is 8.16. The van der Waals surface area contributed by atoms with E-state index in [1.165, 1.54) is 4.90 Å². The summed E-state index contributed by atoms with van der Waals surface area (Å²) in [5.74, 6) is 0.0877. The van der Waals surface area contributed by atoms with Crippen molar-refractivity contribution in [1.29, 1.82) is 0 Å². The molecule has 0 unspecified atom stereocenters. The fourth-order valence-electron chi connectivity index (χ4n) is 1.86. The van der Waals surface area contributed by atoms with E-state index in [4.69, 9.17) is 5.11 Å². The van der Waals surface area contributed by atoms with Gasteiger partial charge in [0.2, 0.25) is 0 Å². The van der Waals surface area contributed by atoms with Crippen LogP contribution >= 0.6 is 0 Å². The monoisotopic (exact) mass is 231 g/mol. The second-order valence-electron chi connectivity index (χ2n) is 3.95. The molecule has 2 rings (SSSR count). The van der Waals surface area contributed by atoms with Gasteiger partial charge in [0.15, 0.2) is 0 Å². The summed E-state index contributed by atoms with van der Waals surface area (Å²) < 4.78 is 0. The number of nitrogens with zero attached hydrogens (tertiary/aromatic N) is 1. The molecule has 1 saturated heterocycles. The molecule has 0 aliphatic carbocycles. The molecule has 0 aromatic heterocycles. The van der Waals surface area contributed by atoms with E-state index in [0.717, 1.165) is 5.56 Å². The highest BCUT2D eigenvalue weighted by molar-refractivity contribution is 5.86. The van der Waals surface area contributed by atoms with Crippen LogP contribution in [0.15, 0.2) is 36.0 Å². The Kier molecular flexibility index (Phi) is 3.23. The number of rotatable bonds is 1. The Morgan fingerprint density at radius 3 is 2.65 bits per heavy atom. The molecular weight excluding hydrogens is 218 g/mol. The number of Topliss-reactive ketones (excluding diaryl/α,β-unsaturated/α-hetero) is 1. The van der Waals surface area contributed by atoms with Crippen LogP contribution in [0, 0.1) is 0 Å². The summed E-state index contributed by atoms with van der Waals surface area (Å²) in [4.78, 5) is 23.7. The van der Waals surface area contributed by atoms with Gasteiger partial charge in [-0.3, -0.25) is 9.69 Å². The predicted octanol–water partition coefficient (Wildman–Crippen LogP) is 2.37. The Hall–Kier alpha value is -2.10. The van der Waals surface area contributed by atoms with Gasteiger partial charge in [-0.2, -0.15) is 0 Å². The van der Waals surface area contributed by atoms with Crippen molar-refractivity contribution in [1.82, 2.24) is 4.90 Å². The predicted molar refractivity (Wildman–Crippen MR) is 63.4 cm³/mol. The lowest BCUT2D eigenvalue weighted by Crippen LogP contribution is -2.35. The fourth-order valence-corrected chi connectivity index (χ4v) is 1.86. The average Bonchev–Trinajstić information content (AvgIpc) is 2.30. The molecule has 0 bridgehead atoms. The third-order valence-corrected chi connectivity index (χ3v) is 2.70. The van der Waals surface area contributed by atoms with Crippen molar-refractivity contribution >= 4 is 18.0 Å². The Balaban J connectivity index is 2.29. The van der Waals surface area contributed by atoms with Gasteiger partial charge in [-0.1, -0.05) is 30.3 Å². The van der Waals surface area contributed by atoms with E-state index in [2.05, 4.69) is 0 Å². The van der Waals surface area contributed by atoms with Crippen LogP contribution in [0.5, 0.6) is 0 Å². The van der Waals surface area contributed by atoms with Crippen molar-refractivity contribution in [3.63, 3.8) is 0 Å². The first kappa shape index (κ1) is 11.4. The molecule has 1 aliphatic heterocycles. The topological polar surface area (TPSA) is 57.6 Å². The highest BCUT2D eigenvalue weighted by Crippen LogP contribution is 2.20. The molecule has 1 fully saturated rings. The summed E-state index contributed by atoms with van der Waals surface area (Å²) in [6.45, 7) is 0.257. The highest BCUT2D eigenvalue weighted by Gasteiger charge is 2.24. The van der Waals surface area contributed by atoms with E-state index in [9.17, 15) is 9.59 Å². The van der Waals surface area contributed by atoms with Crippen LogP contribution in [-0.2, 0) is 4.79 Å². The van der Waals surface area contributed by atoms with E-state index in [-0.39, 0.29) is 18.7 Å². The number of ketones is 1. The Labute approximate surface area is 99.2 Å². The lowest BCUT2D eigenvalue weighted by Gasteiger charge is -2.26. The van der Waals surface area contributed by atoms with E-state index in [0.29, 0.717) is 12.1 Å². The number of carboxylic acid groups (broad SMARTS) is 1. The quantitative estimate of drug-likeness (QED) is 0.807. The third kappa shape index (κ3) is 2.72. The molecule has 1 aromatic carbocycles. The van der Waals surface area contributed by atoms with Gasteiger partial charge in [0.05, 0.1) is 0 Å². The summed E-state index contributed by atoms with van der Waals surface area (Å²) in [7, 11) is 0. The van der Waals surface area contributed by atoms with Crippen molar-refractivity contribution in [3.05, 3.63) is 41.6 Å². The SMILES string of the molecule is O=C1CCN(C(=O)O)/C(=C/c2ccccc2)C1. The molecule has 4 heteroatoms. The lowest BCUT2D eigenvalue weighted by molar-refractivity contribution is -0.119. The zero-order valence-corrected chi connectivity index (χ0v) is 9.30. The van der Waals surface area contributed by atoms with Gasteiger partial charge < -0.3 is 5.11 Å². The number of benzene rings is 1. The zero-order valence-electron chi connectivity index (χ0n) is 9.30. The summed E-state index contributed by atoms with van der Waals surface area (Å²) in [6.07, 6.45) is 1.25. The summed E-state index contributed by atoms with van der Waals surface area (Å²) in [5, 5.41) is 9.05. The molecule has 17 heavy (non-hydrogen) atoms. The Morgan fingerprint density at radius 2 is 2.00 bits per heavy atom. The van der Waals surface area contributed by atoms with E-state index in [1.54, 1.807) is 6.08 Å². The van der Waals surface area contributed by atoms with Crippen molar-refractivity contribution in [3.8, 4) is 0 Å². The number of amides is 1. The van der Waals surface area contributed by atoms with E-state index >= 15 is 0 Å². The number of likely N-dealkylation sites (tertiary alicyclic amines) is 1. The standard InChI is InChI=1S/C13H13NO3/c15-12-6-7-14(13(16)17)11(9-12)8-10-4-2-1-3-5-10/h1-5,8H,6-7,9H2,(H,16,17)/b11-8+. The average molecular weight is 231 g/mol. The van der Waals surface area contributed by atoms with Gasteiger partial charge in [-0.15, -0.1) is 0 Å². The second-order valence-corrected chi connectivity index (χ2v) is 3.95. The molecule has 0 saturated carbocycles. The van der Waals surface area contributed by atoms with E-state index < -0.39 is 6.09 Å². The van der Waals surface area contributed by atoms with Crippen LogP contribution in [0.25, 0.3) is 6.08 Å². The molecule has 0 spiro atoms. The number of hydrogen-bond acceptors (Lipinski definition) is 2. The number of carbonyl (C=O) groups excluding carboxylic acids is 1. The summed E-state index contributed by atoms with van der Waals surface area (Å²) in [5.41, 5.74) is 1.46. The van der Waals surface area contributed by atoms with Gasteiger partial charge in [-0.25, -0.2) is 4.79 Å². The van der Waals surface area contributed by atoms with Gasteiger partial charge in [0.1, 0.15) is 5.78 Å². The van der Waals surface area contributed by atoms with Crippen LogP contribution < -0.4 is 0 Å². The smallest absolute Gasteiger partial charge is 0.411 e. The molecule has 0 atom stereocenters. The summed E-state index contributed by atoms with van der Waals surface area (Å²) >= 11 is 0. The molecule has 1 heterocycles. The molecule has 1 aromatic rings. The van der Waals surface area contributed by atoms with Gasteiger partial charge in [0.25, 0.3) is 0 Å².